The van der Waals surface area contributed by atoms with Crippen LogP contribution in [0.4, 0.5) is 5.69 Å². The lowest BCUT2D eigenvalue weighted by molar-refractivity contribution is 0.0899. The third-order valence-electron chi connectivity index (χ3n) is 4.33. The van der Waals surface area contributed by atoms with Crippen LogP contribution in [-0.2, 0) is 12.8 Å². The molecular weight excluding hydrogens is 248 g/mol. The molecule has 0 amide bonds. The van der Waals surface area contributed by atoms with Gasteiger partial charge in [0.15, 0.2) is 0 Å². The lowest BCUT2D eigenvalue weighted by atomic mass is 10.0. The van der Waals surface area contributed by atoms with E-state index in [1.165, 1.54) is 23.2 Å². The highest BCUT2D eigenvalue weighted by molar-refractivity contribution is 5.56. The number of hydrogen-bond donors (Lipinski definition) is 2. The Kier molecular flexibility index (Phi) is 4.24. The summed E-state index contributed by atoms with van der Waals surface area (Å²) in [6.07, 6.45) is 2.27. The zero-order valence-electron chi connectivity index (χ0n) is 12.7. The molecule has 2 aliphatic heterocycles. The molecule has 4 heteroatoms. The predicted octanol–water partition coefficient (Wildman–Crippen LogP) is 1.34. The Bertz CT molecular complexity index is 452. The maximum atomic E-state index is 3.65. The molecule has 2 heterocycles. The van der Waals surface area contributed by atoms with Crippen molar-refractivity contribution in [3.8, 4) is 0 Å². The van der Waals surface area contributed by atoms with Crippen LogP contribution in [0.25, 0.3) is 0 Å². The minimum absolute atomic E-state index is 0.491. The van der Waals surface area contributed by atoms with E-state index < -0.39 is 0 Å². The van der Waals surface area contributed by atoms with Gasteiger partial charge in [-0.25, -0.2) is 5.01 Å². The fourth-order valence-electron chi connectivity index (χ4n) is 3.13. The van der Waals surface area contributed by atoms with Gasteiger partial charge in [0, 0.05) is 44.5 Å². The van der Waals surface area contributed by atoms with Crippen LogP contribution in [-0.4, -0.2) is 55.7 Å². The summed E-state index contributed by atoms with van der Waals surface area (Å²) in [7, 11) is 2.19. The Morgan fingerprint density at radius 2 is 2.05 bits per heavy atom. The molecule has 1 atom stereocenters. The maximum Gasteiger partial charge on any atom is 0.0373 e. The van der Waals surface area contributed by atoms with Crippen molar-refractivity contribution in [3.63, 3.8) is 0 Å². The smallest absolute Gasteiger partial charge is 0.0373 e. The number of hydrogen-bond acceptors (Lipinski definition) is 4. The van der Waals surface area contributed by atoms with Crippen molar-refractivity contribution < 1.29 is 0 Å². The monoisotopic (exact) mass is 274 g/mol. The van der Waals surface area contributed by atoms with Crippen LogP contribution in [0.5, 0.6) is 0 Å². The summed E-state index contributed by atoms with van der Waals surface area (Å²) in [6, 6.07) is 7.36. The third-order valence-corrected chi connectivity index (χ3v) is 4.33. The highest BCUT2D eigenvalue weighted by Gasteiger charge is 2.16. The topological polar surface area (TPSA) is 30.5 Å². The quantitative estimate of drug-likeness (QED) is 0.867. The first-order valence-electron chi connectivity index (χ1n) is 7.76. The summed E-state index contributed by atoms with van der Waals surface area (Å²) < 4.78 is 0. The van der Waals surface area contributed by atoms with Crippen molar-refractivity contribution in [1.82, 2.24) is 15.3 Å². The molecular formula is C16H26N4. The van der Waals surface area contributed by atoms with Gasteiger partial charge in [-0.15, -0.1) is 0 Å². The van der Waals surface area contributed by atoms with E-state index in [9.17, 15) is 0 Å². The number of nitrogens with one attached hydrogen (secondary N) is 2. The summed E-state index contributed by atoms with van der Waals surface area (Å²) in [5.41, 5.74) is 7.90. The first-order chi connectivity index (χ1) is 9.70. The van der Waals surface area contributed by atoms with E-state index in [0.29, 0.717) is 6.04 Å². The van der Waals surface area contributed by atoms with Crippen LogP contribution >= 0.6 is 0 Å². The highest BCUT2D eigenvalue weighted by Crippen LogP contribution is 2.23. The van der Waals surface area contributed by atoms with Gasteiger partial charge in [0.25, 0.3) is 0 Å². The third kappa shape index (κ3) is 3.32. The van der Waals surface area contributed by atoms with Gasteiger partial charge < -0.3 is 10.2 Å². The van der Waals surface area contributed by atoms with E-state index in [2.05, 4.69) is 52.8 Å². The number of hydrazine groups is 1. The molecule has 0 radical (unpaired) electrons. The predicted molar refractivity (Wildman–Crippen MR) is 84.0 cm³/mol. The molecule has 2 N–H and O–H groups in total. The fourth-order valence-corrected chi connectivity index (χ4v) is 3.13. The Morgan fingerprint density at radius 1 is 1.25 bits per heavy atom. The molecule has 0 spiro atoms. The zero-order chi connectivity index (χ0) is 13.9. The van der Waals surface area contributed by atoms with Crippen LogP contribution in [0.3, 0.4) is 0 Å². The summed E-state index contributed by atoms with van der Waals surface area (Å²) in [4.78, 5) is 2.39. The molecule has 0 aliphatic carbocycles. The average Bonchev–Trinajstić information content (AvgIpc) is 2.89. The van der Waals surface area contributed by atoms with Crippen molar-refractivity contribution in [2.24, 2.45) is 0 Å². The molecule has 110 valence electrons. The maximum absolute atomic E-state index is 3.65. The number of piperazine rings is 1. The van der Waals surface area contributed by atoms with Crippen LogP contribution in [0.2, 0.25) is 0 Å². The molecule has 1 aromatic carbocycles. The second-order valence-corrected chi connectivity index (χ2v) is 6.19. The first kappa shape index (κ1) is 13.9. The van der Waals surface area contributed by atoms with E-state index >= 15 is 0 Å². The molecule has 0 aromatic heterocycles. The minimum Gasteiger partial charge on any atom is -0.384 e. The standard InChI is InChI=1S/C16H26N4/c1-13(18-20-9-7-19(2)8-10-20)11-14-3-4-16-15(12-14)5-6-17-16/h3-4,12-13,17-18H,5-11H2,1-2H3. The van der Waals surface area contributed by atoms with Gasteiger partial charge in [0.05, 0.1) is 0 Å². The second-order valence-electron chi connectivity index (χ2n) is 6.19. The molecule has 4 nitrogen and oxygen atoms in total. The summed E-state index contributed by atoms with van der Waals surface area (Å²) >= 11 is 0. The molecule has 1 saturated heterocycles. The van der Waals surface area contributed by atoms with Crippen molar-refractivity contribution in [1.29, 1.82) is 0 Å². The van der Waals surface area contributed by atoms with Gasteiger partial charge in [-0.05, 0) is 44.0 Å². The van der Waals surface area contributed by atoms with Crippen LogP contribution in [0, 0.1) is 0 Å². The zero-order valence-corrected chi connectivity index (χ0v) is 12.7. The summed E-state index contributed by atoms with van der Waals surface area (Å²) in [5.74, 6) is 0. The van der Waals surface area contributed by atoms with E-state index in [0.717, 1.165) is 39.1 Å². The Balaban J connectivity index is 1.52. The van der Waals surface area contributed by atoms with Gasteiger partial charge in [0.2, 0.25) is 0 Å². The molecule has 1 unspecified atom stereocenters. The van der Waals surface area contributed by atoms with Gasteiger partial charge in [-0.3, -0.25) is 5.43 Å². The normalized spacial score (nSPS) is 21.5. The molecule has 0 saturated carbocycles. The fraction of sp³-hybridized carbons (Fsp3) is 0.625. The first-order valence-corrected chi connectivity index (χ1v) is 7.76. The van der Waals surface area contributed by atoms with Crippen LogP contribution in [0.1, 0.15) is 18.1 Å². The van der Waals surface area contributed by atoms with Gasteiger partial charge in [-0.2, -0.15) is 0 Å². The lowest BCUT2D eigenvalue weighted by Gasteiger charge is -2.34. The highest BCUT2D eigenvalue weighted by atomic mass is 15.5. The largest absolute Gasteiger partial charge is 0.384 e. The van der Waals surface area contributed by atoms with Crippen LogP contribution < -0.4 is 10.7 Å². The molecule has 2 aliphatic rings. The minimum atomic E-state index is 0.491. The van der Waals surface area contributed by atoms with Gasteiger partial charge >= 0.3 is 0 Å². The Hall–Kier alpha value is -1.10. The average molecular weight is 274 g/mol. The van der Waals surface area contributed by atoms with Gasteiger partial charge in [0.1, 0.15) is 0 Å². The molecule has 0 bridgehead atoms. The second kappa shape index (κ2) is 6.12. The van der Waals surface area contributed by atoms with Crippen molar-refractivity contribution in [3.05, 3.63) is 29.3 Å². The van der Waals surface area contributed by atoms with E-state index in [1.807, 2.05) is 0 Å². The summed E-state index contributed by atoms with van der Waals surface area (Å²) in [5, 5.41) is 5.80. The van der Waals surface area contributed by atoms with Crippen molar-refractivity contribution in [2.45, 2.75) is 25.8 Å². The van der Waals surface area contributed by atoms with E-state index in [1.54, 1.807) is 0 Å². The lowest BCUT2D eigenvalue weighted by Crippen LogP contribution is -2.53. The number of rotatable bonds is 4. The van der Waals surface area contributed by atoms with Gasteiger partial charge in [-0.1, -0.05) is 12.1 Å². The van der Waals surface area contributed by atoms with Crippen molar-refractivity contribution >= 4 is 5.69 Å². The van der Waals surface area contributed by atoms with E-state index in [4.69, 9.17) is 0 Å². The Labute approximate surface area is 122 Å². The number of likely N-dealkylation sites (N-methyl/N-ethyl adjacent to an activating group) is 1. The van der Waals surface area contributed by atoms with Crippen LogP contribution in [0.15, 0.2) is 18.2 Å². The number of benzene rings is 1. The molecule has 1 fully saturated rings. The number of nitrogens with zero attached hydrogens (tertiary/aromatic N) is 2. The summed E-state index contributed by atoms with van der Waals surface area (Å²) in [6.45, 7) is 7.93. The molecule has 1 aromatic rings. The molecule has 20 heavy (non-hydrogen) atoms. The SMILES string of the molecule is CC(Cc1ccc2c(c1)CCN2)NN1CCN(C)CC1. The number of anilines is 1. The number of fused-ring (bicyclic) bond motifs is 1. The van der Waals surface area contributed by atoms with E-state index in [-0.39, 0.29) is 0 Å². The molecule has 3 rings (SSSR count). The van der Waals surface area contributed by atoms with Crippen molar-refractivity contribution in [2.75, 3.05) is 45.1 Å². The Morgan fingerprint density at radius 3 is 2.85 bits per heavy atom.